The molecule has 1 atom stereocenters. The van der Waals surface area contributed by atoms with Crippen molar-refractivity contribution in [1.82, 2.24) is 9.80 Å². The molecule has 1 N–H and O–H groups in total. The predicted octanol–water partition coefficient (Wildman–Crippen LogP) is 1.37. The van der Waals surface area contributed by atoms with E-state index in [0.717, 1.165) is 19.5 Å². The number of nitrogens with zero attached hydrogens (tertiary/aromatic N) is 2. The van der Waals surface area contributed by atoms with E-state index < -0.39 is 5.97 Å². The van der Waals surface area contributed by atoms with Crippen LogP contribution in [-0.4, -0.2) is 53.0 Å². The Bertz CT molecular complexity index is 530. The summed E-state index contributed by atoms with van der Waals surface area (Å²) in [6.45, 7) is 3.78. The summed E-state index contributed by atoms with van der Waals surface area (Å²) in [5, 5.41) is 8.69. The van der Waals surface area contributed by atoms with E-state index in [4.69, 9.17) is 5.11 Å². The number of hydrogen-bond donors (Lipinski definition) is 1. The Morgan fingerprint density at radius 3 is 2.67 bits per heavy atom. The topological polar surface area (TPSA) is 60.9 Å². The van der Waals surface area contributed by atoms with Gasteiger partial charge in [-0.1, -0.05) is 24.3 Å². The van der Waals surface area contributed by atoms with E-state index in [1.54, 1.807) is 7.05 Å². The molecule has 0 fully saturated rings. The Kier molecular flexibility index (Phi) is 4.96. The third-order valence-corrected chi connectivity index (χ3v) is 4.10. The van der Waals surface area contributed by atoms with Crippen molar-refractivity contribution in [1.29, 1.82) is 0 Å². The average Bonchev–Trinajstić information content (AvgIpc) is 2.50. The molecule has 0 unspecified atom stereocenters. The van der Waals surface area contributed by atoms with E-state index >= 15 is 0 Å². The molecule has 1 aromatic rings. The first-order valence-electron chi connectivity index (χ1n) is 7.26. The Morgan fingerprint density at radius 2 is 2.00 bits per heavy atom. The molecule has 0 bridgehead atoms. The first-order chi connectivity index (χ1) is 9.99. The van der Waals surface area contributed by atoms with Crippen LogP contribution in [0, 0.1) is 0 Å². The van der Waals surface area contributed by atoms with Crippen LogP contribution in [0.1, 0.15) is 24.5 Å². The average molecular weight is 290 g/mol. The normalized spacial score (nSPS) is 16.1. The smallest absolute Gasteiger partial charge is 0.305 e. The predicted molar refractivity (Wildman–Crippen MR) is 79.9 cm³/mol. The zero-order valence-electron chi connectivity index (χ0n) is 12.6. The zero-order chi connectivity index (χ0) is 15.4. The van der Waals surface area contributed by atoms with Gasteiger partial charge in [0.15, 0.2) is 0 Å². The molecule has 0 aliphatic carbocycles. The summed E-state index contributed by atoms with van der Waals surface area (Å²) in [5.41, 5.74) is 2.63. The maximum atomic E-state index is 12.4. The fraction of sp³-hybridized carbons (Fsp3) is 0.500. The van der Waals surface area contributed by atoms with Crippen molar-refractivity contribution in [2.75, 3.05) is 20.1 Å². The van der Waals surface area contributed by atoms with Gasteiger partial charge in [-0.05, 0) is 24.5 Å². The van der Waals surface area contributed by atoms with Crippen LogP contribution in [0.4, 0.5) is 0 Å². The van der Waals surface area contributed by atoms with Crippen LogP contribution in [0.15, 0.2) is 24.3 Å². The summed E-state index contributed by atoms with van der Waals surface area (Å²) in [6.07, 6.45) is 0.935. The molecule has 1 aliphatic heterocycles. The number of carboxylic acids is 1. The minimum atomic E-state index is -0.880. The molecular weight excluding hydrogens is 268 g/mol. The molecule has 21 heavy (non-hydrogen) atoms. The fourth-order valence-corrected chi connectivity index (χ4v) is 2.70. The molecule has 114 valence electrons. The largest absolute Gasteiger partial charge is 0.481 e. The van der Waals surface area contributed by atoms with Gasteiger partial charge in [0.2, 0.25) is 5.91 Å². The number of amides is 1. The first kappa shape index (κ1) is 15.5. The number of hydrogen-bond acceptors (Lipinski definition) is 3. The van der Waals surface area contributed by atoms with Crippen LogP contribution in [0.5, 0.6) is 0 Å². The maximum absolute atomic E-state index is 12.4. The summed E-state index contributed by atoms with van der Waals surface area (Å²) in [7, 11) is 1.67. The zero-order valence-corrected chi connectivity index (χ0v) is 12.6. The summed E-state index contributed by atoms with van der Waals surface area (Å²) in [6, 6.07) is 8.08. The SMILES string of the molecule is C[C@@H](C(=O)N(C)CCC(=O)O)N1CCc2ccccc2C1. The highest BCUT2D eigenvalue weighted by Gasteiger charge is 2.27. The monoisotopic (exact) mass is 290 g/mol. The minimum Gasteiger partial charge on any atom is -0.481 e. The third kappa shape index (κ3) is 3.82. The summed E-state index contributed by atoms with van der Waals surface area (Å²) < 4.78 is 0. The van der Waals surface area contributed by atoms with Gasteiger partial charge >= 0.3 is 5.97 Å². The number of rotatable bonds is 5. The molecule has 0 saturated carbocycles. The van der Waals surface area contributed by atoms with E-state index in [0.29, 0.717) is 0 Å². The van der Waals surface area contributed by atoms with Gasteiger partial charge in [0.1, 0.15) is 0 Å². The lowest BCUT2D eigenvalue weighted by Gasteiger charge is -2.34. The highest BCUT2D eigenvalue weighted by Crippen LogP contribution is 2.20. The first-order valence-corrected chi connectivity index (χ1v) is 7.26. The van der Waals surface area contributed by atoms with Crippen molar-refractivity contribution in [2.45, 2.75) is 32.4 Å². The lowest BCUT2D eigenvalue weighted by molar-refractivity contribution is -0.139. The van der Waals surface area contributed by atoms with Gasteiger partial charge < -0.3 is 10.0 Å². The van der Waals surface area contributed by atoms with E-state index in [1.165, 1.54) is 16.0 Å². The molecule has 0 spiro atoms. The van der Waals surface area contributed by atoms with E-state index in [9.17, 15) is 9.59 Å². The quantitative estimate of drug-likeness (QED) is 0.889. The molecule has 1 heterocycles. The van der Waals surface area contributed by atoms with Crippen molar-refractivity contribution in [2.24, 2.45) is 0 Å². The number of aliphatic carboxylic acids is 1. The molecular formula is C16H22N2O3. The number of carbonyl (C=O) groups excluding carboxylic acids is 1. The second-order valence-electron chi connectivity index (χ2n) is 5.57. The molecule has 1 aromatic carbocycles. The van der Waals surface area contributed by atoms with Gasteiger partial charge in [0.25, 0.3) is 0 Å². The number of fused-ring (bicyclic) bond motifs is 1. The van der Waals surface area contributed by atoms with E-state index in [-0.39, 0.29) is 24.9 Å². The maximum Gasteiger partial charge on any atom is 0.305 e. The Labute approximate surface area is 125 Å². The molecule has 0 saturated heterocycles. The van der Waals surface area contributed by atoms with Crippen molar-refractivity contribution >= 4 is 11.9 Å². The lowest BCUT2D eigenvalue weighted by atomic mass is 9.98. The van der Waals surface area contributed by atoms with Crippen LogP contribution in [0.2, 0.25) is 0 Å². The number of benzene rings is 1. The Balaban J connectivity index is 1.96. The molecule has 0 aromatic heterocycles. The van der Waals surface area contributed by atoms with Gasteiger partial charge in [0.05, 0.1) is 12.5 Å². The van der Waals surface area contributed by atoms with Crippen LogP contribution < -0.4 is 0 Å². The van der Waals surface area contributed by atoms with Crippen LogP contribution in [-0.2, 0) is 22.6 Å². The van der Waals surface area contributed by atoms with Gasteiger partial charge in [-0.2, -0.15) is 0 Å². The van der Waals surface area contributed by atoms with E-state index in [1.807, 2.05) is 19.1 Å². The second kappa shape index (κ2) is 6.72. The van der Waals surface area contributed by atoms with Gasteiger partial charge in [-0.15, -0.1) is 0 Å². The number of carbonyl (C=O) groups is 2. The molecule has 5 heteroatoms. The van der Waals surface area contributed by atoms with Gasteiger partial charge in [-0.3, -0.25) is 14.5 Å². The molecule has 0 radical (unpaired) electrons. The number of likely N-dealkylation sites (N-methyl/N-ethyl adjacent to an activating group) is 1. The summed E-state index contributed by atoms with van der Waals surface area (Å²) in [5.74, 6) is -0.898. The summed E-state index contributed by atoms with van der Waals surface area (Å²) in [4.78, 5) is 26.6. The highest BCUT2D eigenvalue weighted by molar-refractivity contribution is 5.81. The second-order valence-corrected chi connectivity index (χ2v) is 5.57. The minimum absolute atomic E-state index is 0.0161. The van der Waals surface area contributed by atoms with Crippen molar-refractivity contribution in [3.63, 3.8) is 0 Å². The number of carboxylic acid groups (broad SMARTS) is 1. The van der Waals surface area contributed by atoms with Crippen molar-refractivity contribution in [3.8, 4) is 0 Å². The fourth-order valence-electron chi connectivity index (χ4n) is 2.70. The lowest BCUT2D eigenvalue weighted by Crippen LogP contribution is -2.47. The van der Waals surface area contributed by atoms with Crippen molar-refractivity contribution in [3.05, 3.63) is 35.4 Å². The molecule has 5 nitrogen and oxygen atoms in total. The van der Waals surface area contributed by atoms with Crippen LogP contribution in [0.3, 0.4) is 0 Å². The molecule has 1 aliphatic rings. The van der Waals surface area contributed by atoms with Crippen LogP contribution in [0.25, 0.3) is 0 Å². The standard InChI is InChI=1S/C16H22N2O3/c1-12(16(21)17(2)9-8-15(19)20)18-10-7-13-5-3-4-6-14(13)11-18/h3-6,12H,7-11H2,1-2H3,(H,19,20)/t12-/m0/s1. The van der Waals surface area contributed by atoms with Crippen LogP contribution >= 0.6 is 0 Å². The van der Waals surface area contributed by atoms with Gasteiger partial charge in [0, 0.05) is 26.7 Å². The highest BCUT2D eigenvalue weighted by atomic mass is 16.4. The van der Waals surface area contributed by atoms with E-state index in [2.05, 4.69) is 17.0 Å². The third-order valence-electron chi connectivity index (χ3n) is 4.10. The van der Waals surface area contributed by atoms with Crippen molar-refractivity contribution < 1.29 is 14.7 Å². The van der Waals surface area contributed by atoms with Gasteiger partial charge in [-0.25, -0.2) is 0 Å². The summed E-state index contributed by atoms with van der Waals surface area (Å²) >= 11 is 0. The molecule has 2 rings (SSSR count). The molecule has 1 amide bonds. The Hall–Kier alpha value is -1.88. The Morgan fingerprint density at radius 1 is 1.33 bits per heavy atom.